The maximum absolute atomic E-state index is 12.8. The molecule has 8 heteroatoms. The highest BCUT2D eigenvalue weighted by Crippen LogP contribution is 2.25. The third-order valence-corrected chi connectivity index (χ3v) is 5.81. The molecule has 0 aliphatic carbocycles. The quantitative estimate of drug-likeness (QED) is 0.848. The molecule has 2 amide bonds. The lowest BCUT2D eigenvalue weighted by atomic mass is 10.2. The molecule has 3 rings (SSSR count). The van der Waals surface area contributed by atoms with E-state index >= 15 is 0 Å². The van der Waals surface area contributed by atoms with Gasteiger partial charge in [-0.25, -0.2) is 4.98 Å². The van der Waals surface area contributed by atoms with Crippen molar-refractivity contribution in [3.05, 3.63) is 40.9 Å². The fourth-order valence-electron chi connectivity index (χ4n) is 2.65. The van der Waals surface area contributed by atoms with Crippen molar-refractivity contribution >= 4 is 40.0 Å². The van der Waals surface area contributed by atoms with Crippen LogP contribution in [0.5, 0.6) is 5.75 Å². The number of amides is 2. The summed E-state index contributed by atoms with van der Waals surface area (Å²) in [6, 6.07) is 7.05. The van der Waals surface area contributed by atoms with Crippen LogP contribution >= 0.6 is 23.1 Å². The number of benzene rings is 1. The summed E-state index contributed by atoms with van der Waals surface area (Å²) in [7, 11) is 0. The predicted molar refractivity (Wildman–Crippen MR) is 105 cm³/mol. The molecular weight excluding hydrogens is 370 g/mol. The zero-order valence-electron chi connectivity index (χ0n) is 14.9. The minimum Gasteiger partial charge on any atom is -0.481 e. The van der Waals surface area contributed by atoms with Crippen molar-refractivity contribution in [3.63, 3.8) is 0 Å². The molecule has 2 heterocycles. The van der Waals surface area contributed by atoms with Crippen LogP contribution < -0.4 is 10.1 Å². The highest BCUT2D eigenvalue weighted by Gasteiger charge is 2.37. The van der Waals surface area contributed by atoms with E-state index in [1.807, 2.05) is 38.1 Å². The fraction of sp³-hybridized carbons (Fsp3) is 0.389. The Kier molecular flexibility index (Phi) is 5.83. The number of rotatable bonds is 5. The van der Waals surface area contributed by atoms with Gasteiger partial charge in [0.25, 0.3) is 5.91 Å². The van der Waals surface area contributed by atoms with Crippen LogP contribution in [0.1, 0.15) is 17.4 Å². The average Bonchev–Trinajstić information content (AvgIpc) is 3.23. The second kappa shape index (κ2) is 8.09. The molecule has 1 fully saturated rings. The Labute approximate surface area is 160 Å². The van der Waals surface area contributed by atoms with Gasteiger partial charge in [-0.1, -0.05) is 12.1 Å². The molecule has 1 aliphatic rings. The number of nitrogens with zero attached hydrogens (tertiary/aromatic N) is 2. The average molecular weight is 392 g/mol. The Balaban J connectivity index is 1.64. The van der Waals surface area contributed by atoms with Crippen LogP contribution in [0.2, 0.25) is 0 Å². The standard InChI is InChI=1S/C18H21N3O3S2/c1-11-5-4-6-14(7-11)24-13(3)17(23)21-10-25-9-15(21)16(22)20-18-19-8-12(2)26-18/h4-8,13,15H,9-10H2,1-3H3,(H,19,20,22). The van der Waals surface area contributed by atoms with Gasteiger partial charge in [0.2, 0.25) is 5.91 Å². The monoisotopic (exact) mass is 391 g/mol. The number of hydrogen-bond acceptors (Lipinski definition) is 6. The largest absolute Gasteiger partial charge is 0.481 e. The van der Waals surface area contributed by atoms with Gasteiger partial charge in [0.15, 0.2) is 11.2 Å². The molecule has 2 atom stereocenters. The van der Waals surface area contributed by atoms with Crippen molar-refractivity contribution in [2.45, 2.75) is 32.9 Å². The summed E-state index contributed by atoms with van der Waals surface area (Å²) in [4.78, 5) is 32.1. The second-order valence-electron chi connectivity index (χ2n) is 6.17. The van der Waals surface area contributed by atoms with Crippen molar-refractivity contribution in [1.82, 2.24) is 9.88 Å². The second-order valence-corrected chi connectivity index (χ2v) is 8.40. The zero-order chi connectivity index (χ0) is 18.7. The van der Waals surface area contributed by atoms with E-state index in [1.54, 1.807) is 29.8 Å². The van der Waals surface area contributed by atoms with E-state index in [4.69, 9.17) is 4.74 Å². The number of ether oxygens (including phenoxy) is 1. The summed E-state index contributed by atoms with van der Waals surface area (Å²) in [5.74, 6) is 1.30. The number of carbonyl (C=O) groups excluding carboxylic acids is 2. The highest BCUT2D eigenvalue weighted by molar-refractivity contribution is 7.99. The number of carbonyl (C=O) groups is 2. The first-order valence-electron chi connectivity index (χ1n) is 8.29. The minimum absolute atomic E-state index is 0.188. The Morgan fingerprint density at radius 3 is 2.88 bits per heavy atom. The minimum atomic E-state index is -0.659. The van der Waals surface area contributed by atoms with Gasteiger partial charge in [-0.3, -0.25) is 9.59 Å². The van der Waals surface area contributed by atoms with E-state index in [1.165, 1.54) is 11.3 Å². The van der Waals surface area contributed by atoms with Crippen LogP contribution in [-0.4, -0.2) is 45.5 Å². The van der Waals surface area contributed by atoms with Crippen molar-refractivity contribution in [2.24, 2.45) is 0 Å². The van der Waals surface area contributed by atoms with Crippen molar-refractivity contribution < 1.29 is 14.3 Å². The summed E-state index contributed by atoms with van der Waals surface area (Å²) < 4.78 is 5.78. The van der Waals surface area contributed by atoms with Crippen LogP contribution in [-0.2, 0) is 9.59 Å². The van der Waals surface area contributed by atoms with Gasteiger partial charge in [0, 0.05) is 16.8 Å². The molecule has 2 unspecified atom stereocenters. The summed E-state index contributed by atoms with van der Waals surface area (Å²) in [6.07, 6.45) is 1.05. The number of anilines is 1. The first kappa shape index (κ1) is 18.7. The molecule has 1 saturated heterocycles. The fourth-order valence-corrected chi connectivity index (χ4v) is 4.49. The number of thiazole rings is 1. The first-order chi connectivity index (χ1) is 12.4. The third-order valence-electron chi connectivity index (χ3n) is 3.97. The van der Waals surface area contributed by atoms with E-state index in [-0.39, 0.29) is 11.8 Å². The molecule has 1 aromatic heterocycles. The van der Waals surface area contributed by atoms with Gasteiger partial charge < -0.3 is 15.0 Å². The lowest BCUT2D eigenvalue weighted by Gasteiger charge is -2.26. The summed E-state index contributed by atoms with van der Waals surface area (Å²) in [6.45, 7) is 5.61. The molecule has 0 bridgehead atoms. The lowest BCUT2D eigenvalue weighted by Crippen LogP contribution is -2.48. The molecule has 0 spiro atoms. The normalized spacial score (nSPS) is 17.8. The molecule has 26 heavy (non-hydrogen) atoms. The van der Waals surface area contributed by atoms with Gasteiger partial charge in [-0.2, -0.15) is 0 Å². The number of aromatic nitrogens is 1. The highest BCUT2D eigenvalue weighted by atomic mass is 32.2. The van der Waals surface area contributed by atoms with Crippen molar-refractivity contribution in [3.8, 4) is 5.75 Å². The SMILES string of the molecule is Cc1cccc(OC(C)C(=O)N2CSCC2C(=O)Nc2ncc(C)s2)c1. The first-order valence-corrected chi connectivity index (χ1v) is 10.3. The van der Waals surface area contributed by atoms with Gasteiger partial charge in [-0.05, 0) is 38.5 Å². The molecule has 2 aromatic rings. The summed E-state index contributed by atoms with van der Waals surface area (Å²) in [5.41, 5.74) is 1.06. The zero-order valence-corrected chi connectivity index (χ0v) is 16.5. The van der Waals surface area contributed by atoms with E-state index in [9.17, 15) is 9.59 Å². The van der Waals surface area contributed by atoms with Crippen molar-refractivity contribution in [1.29, 1.82) is 0 Å². The van der Waals surface area contributed by atoms with E-state index < -0.39 is 12.1 Å². The van der Waals surface area contributed by atoms with Gasteiger partial charge in [-0.15, -0.1) is 23.1 Å². The van der Waals surface area contributed by atoms with E-state index in [0.717, 1.165) is 10.4 Å². The summed E-state index contributed by atoms with van der Waals surface area (Å²) >= 11 is 2.98. The van der Waals surface area contributed by atoms with E-state index in [0.29, 0.717) is 22.5 Å². The van der Waals surface area contributed by atoms with Crippen molar-refractivity contribution in [2.75, 3.05) is 16.9 Å². The molecule has 6 nitrogen and oxygen atoms in total. The Bertz CT molecular complexity index is 808. The lowest BCUT2D eigenvalue weighted by molar-refractivity contribution is -0.141. The topological polar surface area (TPSA) is 71.5 Å². The van der Waals surface area contributed by atoms with Gasteiger partial charge in [0.05, 0.1) is 5.88 Å². The van der Waals surface area contributed by atoms with Gasteiger partial charge >= 0.3 is 0 Å². The molecule has 0 saturated carbocycles. The Morgan fingerprint density at radius 1 is 1.38 bits per heavy atom. The number of hydrogen-bond donors (Lipinski definition) is 1. The molecule has 1 aliphatic heterocycles. The van der Waals surface area contributed by atoms with E-state index in [2.05, 4.69) is 10.3 Å². The maximum Gasteiger partial charge on any atom is 0.264 e. The predicted octanol–water partition coefficient (Wildman–Crippen LogP) is 3.07. The molecule has 0 radical (unpaired) electrons. The smallest absolute Gasteiger partial charge is 0.264 e. The molecule has 1 aromatic carbocycles. The summed E-state index contributed by atoms with van der Waals surface area (Å²) in [5, 5.41) is 3.36. The van der Waals surface area contributed by atoms with Crippen LogP contribution in [0.25, 0.3) is 0 Å². The molecular formula is C18H21N3O3S2. The van der Waals surface area contributed by atoms with Gasteiger partial charge in [0.1, 0.15) is 11.8 Å². The number of aryl methyl sites for hydroxylation is 2. The molecule has 138 valence electrons. The Hall–Kier alpha value is -2.06. The number of nitrogens with one attached hydrogen (secondary N) is 1. The molecule has 1 N–H and O–H groups in total. The van der Waals surface area contributed by atoms with Crippen LogP contribution in [0.15, 0.2) is 30.5 Å². The van der Waals surface area contributed by atoms with Crippen LogP contribution in [0, 0.1) is 13.8 Å². The van der Waals surface area contributed by atoms with Crippen LogP contribution in [0.3, 0.4) is 0 Å². The number of thioether (sulfide) groups is 1. The maximum atomic E-state index is 12.8. The Morgan fingerprint density at radius 2 is 2.19 bits per heavy atom. The van der Waals surface area contributed by atoms with Crippen LogP contribution in [0.4, 0.5) is 5.13 Å². The third kappa shape index (κ3) is 4.37.